The van der Waals surface area contributed by atoms with Crippen molar-refractivity contribution in [2.24, 2.45) is 11.3 Å². The lowest BCUT2D eigenvalue weighted by molar-refractivity contribution is 0.141. The van der Waals surface area contributed by atoms with Crippen LogP contribution >= 0.6 is 0 Å². The second-order valence-electron chi connectivity index (χ2n) is 6.58. The van der Waals surface area contributed by atoms with Crippen molar-refractivity contribution in [2.45, 2.75) is 52.4 Å². The van der Waals surface area contributed by atoms with E-state index in [1.54, 1.807) is 4.31 Å². The second-order valence-corrected chi connectivity index (χ2v) is 8.59. The number of sulfonamides is 1. The Morgan fingerprint density at radius 2 is 1.65 bits per heavy atom. The molecule has 0 spiro atoms. The minimum atomic E-state index is -3.04. The normalized spacial score (nSPS) is 25.7. The summed E-state index contributed by atoms with van der Waals surface area (Å²) in [5.41, 5.74) is 0.390. The van der Waals surface area contributed by atoms with E-state index in [2.05, 4.69) is 19.2 Å². The minimum Gasteiger partial charge on any atom is -0.317 e. The molecule has 0 aromatic rings. The van der Waals surface area contributed by atoms with Gasteiger partial charge in [0.15, 0.2) is 0 Å². The van der Waals surface area contributed by atoms with Gasteiger partial charge in [0, 0.05) is 13.1 Å². The van der Waals surface area contributed by atoms with Gasteiger partial charge in [0.2, 0.25) is 10.0 Å². The van der Waals surface area contributed by atoms with Gasteiger partial charge in [-0.1, -0.05) is 26.7 Å². The highest BCUT2D eigenvalue weighted by molar-refractivity contribution is 7.89. The van der Waals surface area contributed by atoms with E-state index < -0.39 is 10.0 Å². The molecule has 0 saturated carbocycles. The summed E-state index contributed by atoms with van der Waals surface area (Å²) in [6.07, 6.45) is 6.41. The molecule has 2 heterocycles. The number of hydrogen-bond acceptors (Lipinski definition) is 3. The standard InChI is InChI=1S/C15H30N2O2S/c1-3-15(4-2)7-11-17(12-8-15)20(18,19)13-14-5-9-16-10-6-14/h14,16H,3-13H2,1-2H3. The third kappa shape index (κ3) is 3.74. The van der Waals surface area contributed by atoms with Crippen LogP contribution in [0.3, 0.4) is 0 Å². The van der Waals surface area contributed by atoms with E-state index in [4.69, 9.17) is 0 Å². The lowest BCUT2D eigenvalue weighted by atomic mass is 9.75. The third-order valence-corrected chi connectivity index (χ3v) is 7.63. The molecule has 2 aliphatic heterocycles. The highest BCUT2D eigenvalue weighted by Gasteiger charge is 2.36. The summed E-state index contributed by atoms with van der Waals surface area (Å²) in [5.74, 6) is 0.713. The summed E-state index contributed by atoms with van der Waals surface area (Å²) >= 11 is 0. The topological polar surface area (TPSA) is 49.4 Å². The maximum Gasteiger partial charge on any atom is 0.214 e. The van der Waals surface area contributed by atoms with Crippen LogP contribution in [0.25, 0.3) is 0 Å². The largest absolute Gasteiger partial charge is 0.317 e. The molecule has 0 aliphatic carbocycles. The maximum absolute atomic E-state index is 12.5. The van der Waals surface area contributed by atoms with Crippen LogP contribution in [0, 0.1) is 11.3 Å². The van der Waals surface area contributed by atoms with Gasteiger partial charge in [0.25, 0.3) is 0 Å². The quantitative estimate of drug-likeness (QED) is 0.847. The lowest BCUT2D eigenvalue weighted by Crippen LogP contribution is -2.45. The zero-order valence-corrected chi connectivity index (χ0v) is 13.8. The zero-order chi connectivity index (χ0) is 14.6. The van der Waals surface area contributed by atoms with Crippen LogP contribution in [0.4, 0.5) is 0 Å². The summed E-state index contributed by atoms with van der Waals surface area (Å²) in [4.78, 5) is 0. The summed E-state index contributed by atoms with van der Waals surface area (Å²) in [5, 5.41) is 3.30. The van der Waals surface area contributed by atoms with Crippen molar-refractivity contribution in [2.75, 3.05) is 31.9 Å². The molecule has 0 radical (unpaired) electrons. The van der Waals surface area contributed by atoms with Gasteiger partial charge in [-0.05, 0) is 50.1 Å². The lowest BCUT2D eigenvalue weighted by Gasteiger charge is -2.40. The highest BCUT2D eigenvalue weighted by Crippen LogP contribution is 2.38. The van der Waals surface area contributed by atoms with Crippen LogP contribution in [-0.4, -0.2) is 44.7 Å². The monoisotopic (exact) mass is 302 g/mol. The first-order chi connectivity index (χ1) is 9.51. The molecule has 20 heavy (non-hydrogen) atoms. The van der Waals surface area contributed by atoms with E-state index in [0.29, 0.717) is 17.1 Å². The van der Waals surface area contributed by atoms with Crippen LogP contribution in [0.5, 0.6) is 0 Å². The number of nitrogens with zero attached hydrogens (tertiary/aromatic N) is 1. The zero-order valence-electron chi connectivity index (χ0n) is 13.0. The van der Waals surface area contributed by atoms with Crippen molar-refractivity contribution in [3.05, 3.63) is 0 Å². The van der Waals surface area contributed by atoms with Gasteiger partial charge in [-0.2, -0.15) is 0 Å². The molecule has 2 aliphatic rings. The Balaban J connectivity index is 1.91. The summed E-state index contributed by atoms with van der Waals surface area (Å²) in [6, 6.07) is 0. The Bertz CT molecular complexity index is 388. The smallest absolute Gasteiger partial charge is 0.214 e. The van der Waals surface area contributed by atoms with Crippen molar-refractivity contribution in [3.63, 3.8) is 0 Å². The molecule has 0 bridgehead atoms. The average Bonchev–Trinajstić information content (AvgIpc) is 2.48. The highest BCUT2D eigenvalue weighted by atomic mass is 32.2. The van der Waals surface area contributed by atoms with E-state index >= 15 is 0 Å². The van der Waals surface area contributed by atoms with Crippen LogP contribution < -0.4 is 5.32 Å². The molecule has 0 aromatic carbocycles. The Labute approximate surface area is 124 Å². The molecule has 0 atom stereocenters. The minimum absolute atomic E-state index is 0.352. The molecular formula is C15H30N2O2S. The molecule has 118 valence electrons. The molecule has 0 amide bonds. The molecule has 2 fully saturated rings. The fraction of sp³-hybridized carbons (Fsp3) is 1.00. The van der Waals surface area contributed by atoms with Crippen LogP contribution in [0.15, 0.2) is 0 Å². The van der Waals surface area contributed by atoms with Crippen LogP contribution in [0.2, 0.25) is 0 Å². The first-order valence-corrected chi connectivity index (χ1v) is 9.81. The molecule has 1 N–H and O–H groups in total. The van der Waals surface area contributed by atoms with Crippen molar-refractivity contribution in [1.29, 1.82) is 0 Å². The van der Waals surface area contributed by atoms with Gasteiger partial charge in [0.05, 0.1) is 5.75 Å². The van der Waals surface area contributed by atoms with Gasteiger partial charge in [-0.25, -0.2) is 12.7 Å². The molecule has 2 rings (SSSR count). The van der Waals surface area contributed by atoms with Gasteiger partial charge >= 0.3 is 0 Å². The van der Waals surface area contributed by atoms with E-state index in [-0.39, 0.29) is 0 Å². The Hall–Kier alpha value is -0.130. The predicted octanol–water partition coefficient (Wildman–Crippen LogP) is 2.22. The fourth-order valence-corrected chi connectivity index (χ4v) is 5.53. The second kappa shape index (κ2) is 6.75. The van der Waals surface area contributed by atoms with Gasteiger partial charge in [-0.15, -0.1) is 0 Å². The number of hydrogen-bond donors (Lipinski definition) is 1. The van der Waals surface area contributed by atoms with E-state index in [1.807, 2.05) is 0 Å². The average molecular weight is 302 g/mol. The Morgan fingerprint density at radius 1 is 1.10 bits per heavy atom. The fourth-order valence-electron chi connectivity index (χ4n) is 3.65. The van der Waals surface area contributed by atoms with Crippen molar-refractivity contribution in [3.8, 4) is 0 Å². The van der Waals surface area contributed by atoms with Gasteiger partial charge in [-0.3, -0.25) is 0 Å². The number of nitrogens with one attached hydrogen (secondary N) is 1. The number of rotatable bonds is 5. The molecule has 4 nitrogen and oxygen atoms in total. The van der Waals surface area contributed by atoms with Crippen LogP contribution in [0.1, 0.15) is 52.4 Å². The van der Waals surface area contributed by atoms with Crippen molar-refractivity contribution in [1.82, 2.24) is 9.62 Å². The molecule has 2 saturated heterocycles. The molecule has 5 heteroatoms. The summed E-state index contributed by atoms with van der Waals surface area (Å²) in [7, 11) is -3.04. The Kier molecular flexibility index (Phi) is 5.49. The van der Waals surface area contributed by atoms with Gasteiger partial charge < -0.3 is 5.32 Å². The molecule has 0 unspecified atom stereocenters. The van der Waals surface area contributed by atoms with E-state index in [1.165, 1.54) is 12.8 Å². The first-order valence-electron chi connectivity index (χ1n) is 8.20. The van der Waals surface area contributed by atoms with Crippen molar-refractivity contribution >= 4 is 10.0 Å². The SMILES string of the molecule is CCC1(CC)CCN(S(=O)(=O)CC2CCNCC2)CC1. The number of piperidine rings is 2. The summed E-state index contributed by atoms with van der Waals surface area (Å²) < 4.78 is 26.9. The Morgan fingerprint density at radius 3 is 2.15 bits per heavy atom. The first kappa shape index (κ1) is 16.2. The van der Waals surface area contributed by atoms with E-state index in [0.717, 1.165) is 51.9 Å². The predicted molar refractivity (Wildman–Crippen MR) is 83.2 cm³/mol. The van der Waals surface area contributed by atoms with E-state index in [9.17, 15) is 8.42 Å². The molecular weight excluding hydrogens is 272 g/mol. The van der Waals surface area contributed by atoms with Gasteiger partial charge in [0.1, 0.15) is 0 Å². The third-order valence-electron chi connectivity index (χ3n) is 5.58. The molecule has 0 aromatic heterocycles. The summed E-state index contributed by atoms with van der Waals surface area (Å²) in [6.45, 7) is 7.87. The van der Waals surface area contributed by atoms with Crippen molar-refractivity contribution < 1.29 is 8.42 Å². The van der Waals surface area contributed by atoms with Crippen LogP contribution in [-0.2, 0) is 10.0 Å². The maximum atomic E-state index is 12.5.